The number of carbonyl (C=O) groups is 1. The van der Waals surface area contributed by atoms with E-state index in [2.05, 4.69) is 22.9 Å². The first-order valence-corrected chi connectivity index (χ1v) is 8.59. The molecule has 0 amide bonds. The van der Waals surface area contributed by atoms with Crippen molar-refractivity contribution in [2.45, 2.75) is 31.6 Å². The standard InChI is InChI=1S/C13H18BrNO4S/c1-3-4-9(2)8-19-13(16)11-7-10(20(15,17)18)5-6-12(11)14/h5-7,9H,3-4,8H2,1-2H3,(H2,15,17,18). The molecule has 1 rings (SSSR count). The summed E-state index contributed by atoms with van der Waals surface area (Å²) in [5, 5.41) is 5.04. The number of esters is 1. The fourth-order valence-electron chi connectivity index (χ4n) is 1.71. The maximum Gasteiger partial charge on any atom is 0.339 e. The molecule has 0 heterocycles. The molecule has 2 N–H and O–H groups in total. The zero-order valence-electron chi connectivity index (χ0n) is 11.4. The highest BCUT2D eigenvalue weighted by Crippen LogP contribution is 2.21. The van der Waals surface area contributed by atoms with Crippen molar-refractivity contribution in [1.82, 2.24) is 0 Å². The number of hydrogen-bond acceptors (Lipinski definition) is 4. The molecule has 1 aromatic rings. The van der Waals surface area contributed by atoms with Gasteiger partial charge in [-0.05, 0) is 46.5 Å². The van der Waals surface area contributed by atoms with Crippen molar-refractivity contribution in [3.63, 3.8) is 0 Å². The van der Waals surface area contributed by atoms with Crippen molar-refractivity contribution >= 4 is 31.9 Å². The summed E-state index contributed by atoms with van der Waals surface area (Å²) in [6.45, 7) is 4.36. The number of rotatable bonds is 6. The Labute approximate surface area is 127 Å². The molecule has 0 spiro atoms. The van der Waals surface area contributed by atoms with Crippen LogP contribution in [0.3, 0.4) is 0 Å². The molecule has 0 aliphatic rings. The topological polar surface area (TPSA) is 86.5 Å². The first kappa shape index (κ1) is 17.1. The van der Waals surface area contributed by atoms with Gasteiger partial charge in [-0.25, -0.2) is 18.4 Å². The van der Waals surface area contributed by atoms with Crippen molar-refractivity contribution in [2.75, 3.05) is 6.61 Å². The number of benzene rings is 1. The van der Waals surface area contributed by atoms with Crippen molar-refractivity contribution < 1.29 is 17.9 Å². The molecule has 1 atom stereocenters. The minimum absolute atomic E-state index is 0.116. The minimum Gasteiger partial charge on any atom is -0.462 e. The van der Waals surface area contributed by atoms with Crippen molar-refractivity contribution in [1.29, 1.82) is 0 Å². The number of sulfonamides is 1. The number of primary sulfonamides is 1. The molecule has 0 aromatic heterocycles. The van der Waals surface area contributed by atoms with E-state index in [-0.39, 0.29) is 16.4 Å². The van der Waals surface area contributed by atoms with E-state index in [1.807, 2.05) is 6.92 Å². The number of ether oxygens (including phenoxy) is 1. The van der Waals surface area contributed by atoms with Crippen LogP contribution in [-0.4, -0.2) is 21.0 Å². The summed E-state index contributed by atoms with van der Waals surface area (Å²) in [6, 6.07) is 4.01. The summed E-state index contributed by atoms with van der Waals surface area (Å²) >= 11 is 3.20. The first-order chi connectivity index (χ1) is 9.25. The van der Waals surface area contributed by atoms with Crippen LogP contribution in [-0.2, 0) is 14.8 Å². The van der Waals surface area contributed by atoms with Gasteiger partial charge in [-0.2, -0.15) is 0 Å². The van der Waals surface area contributed by atoms with Crippen LogP contribution in [0, 0.1) is 5.92 Å². The first-order valence-electron chi connectivity index (χ1n) is 6.25. The van der Waals surface area contributed by atoms with Crippen LogP contribution in [0.15, 0.2) is 27.6 Å². The Bertz CT molecular complexity index is 586. The van der Waals surface area contributed by atoms with Gasteiger partial charge in [0.1, 0.15) is 0 Å². The Balaban J connectivity index is 2.87. The monoisotopic (exact) mass is 363 g/mol. The van der Waals surface area contributed by atoms with Gasteiger partial charge in [-0.15, -0.1) is 0 Å². The average Bonchev–Trinajstić information content (AvgIpc) is 2.35. The van der Waals surface area contributed by atoms with Crippen LogP contribution in [0.4, 0.5) is 0 Å². The predicted octanol–water partition coefficient (Wildman–Crippen LogP) is 2.69. The lowest BCUT2D eigenvalue weighted by molar-refractivity contribution is 0.0442. The van der Waals surface area contributed by atoms with Gasteiger partial charge in [0, 0.05) is 4.47 Å². The number of halogens is 1. The molecule has 0 aliphatic heterocycles. The van der Waals surface area contributed by atoms with E-state index in [0.717, 1.165) is 12.8 Å². The quantitative estimate of drug-likeness (QED) is 0.787. The SMILES string of the molecule is CCCC(C)COC(=O)c1cc(S(N)(=O)=O)ccc1Br. The summed E-state index contributed by atoms with van der Waals surface area (Å²) in [5.41, 5.74) is 0.153. The Morgan fingerprint density at radius 2 is 2.10 bits per heavy atom. The second-order valence-corrected chi connectivity index (χ2v) is 7.09. The summed E-state index contributed by atoms with van der Waals surface area (Å²) in [7, 11) is -3.84. The highest BCUT2D eigenvalue weighted by Gasteiger charge is 2.17. The van der Waals surface area contributed by atoms with Crippen LogP contribution < -0.4 is 5.14 Å². The van der Waals surface area contributed by atoms with E-state index in [0.29, 0.717) is 11.1 Å². The van der Waals surface area contributed by atoms with Gasteiger partial charge < -0.3 is 4.74 Å². The summed E-state index contributed by atoms with van der Waals surface area (Å²) in [5.74, 6) is -0.297. The third-order valence-corrected chi connectivity index (χ3v) is 4.37. The largest absolute Gasteiger partial charge is 0.462 e. The maximum atomic E-state index is 12.0. The average molecular weight is 364 g/mol. The van der Waals surface area contributed by atoms with Gasteiger partial charge in [0.25, 0.3) is 0 Å². The molecule has 20 heavy (non-hydrogen) atoms. The van der Waals surface area contributed by atoms with Gasteiger partial charge in [0.2, 0.25) is 10.0 Å². The molecule has 1 unspecified atom stereocenters. The van der Waals surface area contributed by atoms with E-state index in [4.69, 9.17) is 9.88 Å². The lowest BCUT2D eigenvalue weighted by Crippen LogP contribution is -2.15. The van der Waals surface area contributed by atoms with Gasteiger partial charge >= 0.3 is 5.97 Å². The summed E-state index contributed by atoms with van der Waals surface area (Å²) in [4.78, 5) is 11.8. The zero-order valence-corrected chi connectivity index (χ0v) is 13.8. The minimum atomic E-state index is -3.84. The Hall–Kier alpha value is -0.920. The number of carbonyl (C=O) groups excluding carboxylic acids is 1. The van der Waals surface area contributed by atoms with Crippen LogP contribution in [0.5, 0.6) is 0 Å². The summed E-state index contributed by atoms with van der Waals surface area (Å²) < 4.78 is 28.2. The summed E-state index contributed by atoms with van der Waals surface area (Å²) in [6.07, 6.45) is 1.98. The predicted molar refractivity (Wildman–Crippen MR) is 79.9 cm³/mol. The molecular formula is C13H18BrNO4S. The van der Waals surface area contributed by atoms with E-state index in [1.165, 1.54) is 18.2 Å². The lowest BCUT2D eigenvalue weighted by Gasteiger charge is -2.12. The Morgan fingerprint density at radius 1 is 1.45 bits per heavy atom. The molecule has 5 nitrogen and oxygen atoms in total. The van der Waals surface area contributed by atoms with Gasteiger partial charge in [-0.1, -0.05) is 20.3 Å². The van der Waals surface area contributed by atoms with Crippen LogP contribution in [0.2, 0.25) is 0 Å². The molecule has 112 valence electrons. The van der Waals surface area contributed by atoms with Crippen LogP contribution in [0.25, 0.3) is 0 Å². The third-order valence-electron chi connectivity index (χ3n) is 2.77. The molecule has 0 bridgehead atoms. The van der Waals surface area contributed by atoms with E-state index >= 15 is 0 Å². The second-order valence-electron chi connectivity index (χ2n) is 4.68. The normalized spacial score (nSPS) is 13.0. The number of hydrogen-bond donors (Lipinski definition) is 1. The van der Waals surface area contributed by atoms with Gasteiger partial charge in [-0.3, -0.25) is 0 Å². The molecule has 0 aliphatic carbocycles. The second kappa shape index (κ2) is 7.19. The highest BCUT2D eigenvalue weighted by molar-refractivity contribution is 9.10. The van der Waals surface area contributed by atoms with Gasteiger partial charge in [0.05, 0.1) is 17.1 Å². The Kier molecular flexibility index (Phi) is 6.16. The highest BCUT2D eigenvalue weighted by atomic mass is 79.9. The smallest absolute Gasteiger partial charge is 0.339 e. The molecule has 0 radical (unpaired) electrons. The molecule has 0 fully saturated rings. The van der Waals surface area contributed by atoms with E-state index < -0.39 is 16.0 Å². The zero-order chi connectivity index (χ0) is 15.3. The molecule has 1 aromatic carbocycles. The molecule has 7 heteroatoms. The third kappa shape index (κ3) is 4.88. The molecule has 0 saturated carbocycles. The molecule has 0 saturated heterocycles. The van der Waals surface area contributed by atoms with E-state index in [1.54, 1.807) is 0 Å². The van der Waals surface area contributed by atoms with Crippen LogP contribution >= 0.6 is 15.9 Å². The van der Waals surface area contributed by atoms with Crippen molar-refractivity contribution in [3.8, 4) is 0 Å². The fraction of sp³-hybridized carbons (Fsp3) is 0.462. The fourth-order valence-corrected chi connectivity index (χ4v) is 2.66. The van der Waals surface area contributed by atoms with Crippen LogP contribution in [0.1, 0.15) is 37.0 Å². The number of nitrogens with two attached hydrogens (primary N) is 1. The molecular weight excluding hydrogens is 346 g/mol. The van der Waals surface area contributed by atoms with Crippen molar-refractivity contribution in [3.05, 3.63) is 28.2 Å². The van der Waals surface area contributed by atoms with Crippen molar-refractivity contribution in [2.24, 2.45) is 11.1 Å². The maximum absolute atomic E-state index is 12.0. The lowest BCUT2D eigenvalue weighted by atomic mass is 10.1. The van der Waals surface area contributed by atoms with Gasteiger partial charge in [0.15, 0.2) is 0 Å². The Morgan fingerprint density at radius 3 is 2.65 bits per heavy atom. The van der Waals surface area contributed by atoms with E-state index in [9.17, 15) is 13.2 Å².